The maximum atomic E-state index is 11.4. The van der Waals surface area contributed by atoms with E-state index >= 15 is 0 Å². The third-order valence-corrected chi connectivity index (χ3v) is 4.17. The fourth-order valence-corrected chi connectivity index (χ4v) is 3.09. The Balaban J connectivity index is 1.91. The Morgan fingerprint density at radius 1 is 1.56 bits per heavy atom. The van der Waals surface area contributed by atoms with Crippen molar-refractivity contribution in [2.45, 2.75) is 32.1 Å². The molecule has 4 nitrogen and oxygen atoms in total. The molecule has 0 bridgehead atoms. The molecule has 1 saturated heterocycles. The lowest BCUT2D eigenvalue weighted by Gasteiger charge is -2.27. The number of likely N-dealkylation sites (tertiary alicyclic amines) is 1. The molecular weight excluding hydrogens is 248 g/mol. The summed E-state index contributed by atoms with van der Waals surface area (Å²) in [6, 6.07) is 0. The number of carbonyl (C=O) groups excluding carboxylic acids is 1. The van der Waals surface area contributed by atoms with Crippen molar-refractivity contribution in [1.82, 2.24) is 9.88 Å². The van der Waals surface area contributed by atoms with Crippen molar-refractivity contribution in [1.29, 1.82) is 0 Å². The van der Waals surface area contributed by atoms with Gasteiger partial charge in [-0.25, -0.2) is 4.98 Å². The average Bonchev–Trinajstić information content (AvgIpc) is 2.78. The molecule has 0 saturated carbocycles. The molecule has 2 heterocycles. The molecule has 2 rings (SSSR count). The summed E-state index contributed by atoms with van der Waals surface area (Å²) in [6.45, 7) is 4.53. The largest absolute Gasteiger partial charge is 0.466 e. The molecule has 1 fully saturated rings. The smallest absolute Gasteiger partial charge is 0.312 e. The first-order valence-corrected chi connectivity index (χ1v) is 7.35. The highest BCUT2D eigenvalue weighted by atomic mass is 32.1. The summed E-state index contributed by atoms with van der Waals surface area (Å²) in [6.07, 6.45) is 2.64. The molecule has 1 aromatic rings. The van der Waals surface area contributed by atoms with Crippen LogP contribution in [0.1, 0.15) is 36.4 Å². The highest BCUT2D eigenvalue weighted by Crippen LogP contribution is 2.28. The van der Waals surface area contributed by atoms with E-state index in [0.717, 1.165) is 23.8 Å². The predicted octanol–water partition coefficient (Wildman–Crippen LogP) is 2.06. The van der Waals surface area contributed by atoms with Gasteiger partial charge in [0.05, 0.1) is 18.7 Å². The molecule has 5 heteroatoms. The maximum Gasteiger partial charge on any atom is 0.312 e. The first-order chi connectivity index (χ1) is 8.69. The average molecular weight is 268 g/mol. The van der Waals surface area contributed by atoms with Crippen LogP contribution in [0.15, 0.2) is 5.38 Å². The van der Waals surface area contributed by atoms with E-state index in [0.29, 0.717) is 18.9 Å². The van der Waals surface area contributed by atoms with Gasteiger partial charge >= 0.3 is 5.97 Å². The zero-order valence-corrected chi connectivity index (χ0v) is 11.8. The van der Waals surface area contributed by atoms with Crippen LogP contribution in [-0.4, -0.2) is 42.6 Å². The van der Waals surface area contributed by atoms with E-state index < -0.39 is 0 Å². The minimum Gasteiger partial charge on any atom is -0.466 e. The molecule has 1 aromatic heterocycles. The number of rotatable bonds is 4. The summed E-state index contributed by atoms with van der Waals surface area (Å²) in [5.74, 6) is 0.384. The van der Waals surface area contributed by atoms with Crippen LogP contribution in [0.5, 0.6) is 0 Å². The monoisotopic (exact) mass is 268 g/mol. The summed E-state index contributed by atoms with van der Waals surface area (Å²) in [5, 5.41) is 2.98. The van der Waals surface area contributed by atoms with Gasteiger partial charge in [-0.2, -0.15) is 0 Å². The summed E-state index contributed by atoms with van der Waals surface area (Å²) < 4.78 is 4.94. The maximum absolute atomic E-state index is 11.4. The van der Waals surface area contributed by atoms with E-state index in [9.17, 15) is 4.79 Å². The number of carbonyl (C=O) groups is 1. The van der Waals surface area contributed by atoms with Crippen molar-refractivity contribution >= 4 is 17.3 Å². The Morgan fingerprint density at radius 2 is 2.28 bits per heavy atom. The SMILES string of the molecule is CCOC(=O)Cc1nc(C2CCN(C)CC2)cs1. The summed E-state index contributed by atoms with van der Waals surface area (Å²) in [5.41, 5.74) is 1.16. The van der Waals surface area contributed by atoms with Gasteiger partial charge in [-0.3, -0.25) is 4.79 Å². The first kappa shape index (κ1) is 13.5. The second-order valence-electron chi connectivity index (χ2n) is 4.73. The lowest BCUT2D eigenvalue weighted by Crippen LogP contribution is -2.29. The fourth-order valence-electron chi connectivity index (χ4n) is 2.23. The molecular formula is C13H20N2O2S. The Hall–Kier alpha value is -0.940. The molecule has 18 heavy (non-hydrogen) atoms. The highest BCUT2D eigenvalue weighted by Gasteiger charge is 2.21. The van der Waals surface area contributed by atoms with Crippen LogP contribution < -0.4 is 0 Å². The zero-order valence-electron chi connectivity index (χ0n) is 11.0. The summed E-state index contributed by atoms with van der Waals surface area (Å²) in [7, 11) is 2.16. The number of thiazole rings is 1. The normalized spacial score (nSPS) is 17.9. The Kier molecular flexibility index (Phi) is 4.72. The number of nitrogens with zero attached hydrogens (tertiary/aromatic N) is 2. The lowest BCUT2D eigenvalue weighted by molar-refractivity contribution is -0.142. The van der Waals surface area contributed by atoms with Crippen LogP contribution in [0.2, 0.25) is 0 Å². The van der Waals surface area contributed by atoms with Crippen molar-refractivity contribution < 1.29 is 9.53 Å². The molecule has 0 amide bonds. The van der Waals surface area contributed by atoms with Gasteiger partial charge in [0.15, 0.2) is 0 Å². The minimum absolute atomic E-state index is 0.179. The Morgan fingerprint density at radius 3 is 2.94 bits per heavy atom. The van der Waals surface area contributed by atoms with E-state index in [-0.39, 0.29) is 5.97 Å². The molecule has 1 aliphatic heterocycles. The Bertz CT molecular complexity index is 397. The van der Waals surface area contributed by atoms with E-state index in [1.165, 1.54) is 12.8 Å². The van der Waals surface area contributed by atoms with Gasteiger partial charge in [0.1, 0.15) is 5.01 Å². The fraction of sp³-hybridized carbons (Fsp3) is 0.692. The van der Waals surface area contributed by atoms with Gasteiger partial charge in [-0.05, 0) is 39.9 Å². The minimum atomic E-state index is -0.179. The third-order valence-electron chi connectivity index (χ3n) is 3.31. The van der Waals surface area contributed by atoms with Crippen LogP contribution in [-0.2, 0) is 16.0 Å². The van der Waals surface area contributed by atoms with Crippen molar-refractivity contribution in [2.24, 2.45) is 0 Å². The number of piperidine rings is 1. The number of esters is 1. The van der Waals surface area contributed by atoms with Crippen molar-refractivity contribution in [2.75, 3.05) is 26.7 Å². The molecule has 0 aliphatic carbocycles. The van der Waals surface area contributed by atoms with Gasteiger partial charge in [-0.15, -0.1) is 11.3 Å². The standard InChI is InChI=1S/C13H20N2O2S/c1-3-17-13(16)8-12-14-11(9-18-12)10-4-6-15(2)7-5-10/h9-10H,3-8H2,1-2H3. The lowest BCUT2D eigenvalue weighted by atomic mass is 9.95. The van der Waals surface area contributed by atoms with E-state index in [4.69, 9.17) is 4.74 Å². The molecule has 0 spiro atoms. The van der Waals surface area contributed by atoms with Crippen LogP contribution in [0.3, 0.4) is 0 Å². The van der Waals surface area contributed by atoms with Gasteiger partial charge < -0.3 is 9.64 Å². The van der Waals surface area contributed by atoms with Crippen molar-refractivity contribution in [3.8, 4) is 0 Å². The molecule has 0 aromatic carbocycles. The third kappa shape index (κ3) is 3.53. The number of hydrogen-bond acceptors (Lipinski definition) is 5. The zero-order chi connectivity index (χ0) is 13.0. The summed E-state index contributed by atoms with van der Waals surface area (Å²) >= 11 is 1.57. The van der Waals surface area contributed by atoms with Gasteiger partial charge in [0.25, 0.3) is 0 Å². The molecule has 0 atom stereocenters. The number of aromatic nitrogens is 1. The number of ether oxygens (including phenoxy) is 1. The molecule has 0 radical (unpaired) electrons. The van der Waals surface area contributed by atoms with Gasteiger partial charge in [-0.1, -0.05) is 0 Å². The second-order valence-corrected chi connectivity index (χ2v) is 5.67. The van der Waals surface area contributed by atoms with Gasteiger partial charge in [0.2, 0.25) is 0 Å². The van der Waals surface area contributed by atoms with E-state index in [2.05, 4.69) is 22.3 Å². The van der Waals surface area contributed by atoms with Crippen molar-refractivity contribution in [3.05, 3.63) is 16.1 Å². The van der Waals surface area contributed by atoms with Crippen molar-refractivity contribution in [3.63, 3.8) is 0 Å². The predicted molar refractivity (Wildman–Crippen MR) is 71.9 cm³/mol. The van der Waals surface area contributed by atoms with Crippen LogP contribution in [0.4, 0.5) is 0 Å². The van der Waals surface area contributed by atoms with Crippen LogP contribution >= 0.6 is 11.3 Å². The topological polar surface area (TPSA) is 42.4 Å². The quantitative estimate of drug-likeness (QED) is 0.784. The second kappa shape index (κ2) is 6.29. The molecule has 0 N–H and O–H groups in total. The van der Waals surface area contributed by atoms with Gasteiger partial charge in [0, 0.05) is 11.3 Å². The number of hydrogen-bond donors (Lipinski definition) is 0. The summed E-state index contributed by atoms with van der Waals surface area (Å²) in [4.78, 5) is 18.3. The molecule has 1 aliphatic rings. The molecule has 100 valence electrons. The van der Waals surface area contributed by atoms with E-state index in [1.807, 2.05) is 6.92 Å². The first-order valence-electron chi connectivity index (χ1n) is 6.47. The highest BCUT2D eigenvalue weighted by molar-refractivity contribution is 7.09. The molecule has 0 unspecified atom stereocenters. The van der Waals surface area contributed by atoms with Crippen LogP contribution in [0.25, 0.3) is 0 Å². The van der Waals surface area contributed by atoms with E-state index in [1.54, 1.807) is 11.3 Å². The van der Waals surface area contributed by atoms with Crippen LogP contribution in [0, 0.1) is 0 Å². The Labute approximate surface area is 112 Å².